The van der Waals surface area contributed by atoms with Crippen molar-refractivity contribution < 1.29 is 0 Å². The molecule has 214 valence electrons. The van der Waals surface area contributed by atoms with E-state index in [1.807, 2.05) is 0 Å². The van der Waals surface area contributed by atoms with Gasteiger partial charge in [-0.15, -0.1) is 0 Å². The summed E-state index contributed by atoms with van der Waals surface area (Å²) in [6.45, 7) is 0. The molecule has 46 heavy (non-hydrogen) atoms. The van der Waals surface area contributed by atoms with E-state index in [-0.39, 0.29) is 0 Å². The predicted octanol–water partition coefficient (Wildman–Crippen LogP) is 13.0. The van der Waals surface area contributed by atoms with Gasteiger partial charge in [-0.3, -0.25) is 0 Å². The van der Waals surface area contributed by atoms with Gasteiger partial charge in [0.1, 0.15) is 0 Å². The molecule has 9 aromatic rings. The second-order valence-electron chi connectivity index (χ2n) is 12.1. The molecule has 0 bridgehead atoms. The Morgan fingerprint density at radius 1 is 0.217 bits per heavy atom. The van der Waals surface area contributed by atoms with E-state index >= 15 is 0 Å². The minimum absolute atomic E-state index is 1.22. The Morgan fingerprint density at radius 2 is 0.739 bits per heavy atom. The van der Waals surface area contributed by atoms with E-state index in [4.69, 9.17) is 0 Å². The second kappa shape index (κ2) is 10.9. The molecule has 9 rings (SSSR count). The van der Waals surface area contributed by atoms with Crippen LogP contribution in [0.2, 0.25) is 0 Å². The summed E-state index contributed by atoms with van der Waals surface area (Å²) in [6.07, 6.45) is 0. The molecule has 0 nitrogen and oxygen atoms in total. The highest BCUT2D eigenvalue weighted by molar-refractivity contribution is 6.24. The van der Waals surface area contributed by atoms with Crippen molar-refractivity contribution in [3.8, 4) is 44.5 Å². The molecule has 0 fully saturated rings. The number of hydrogen-bond donors (Lipinski definition) is 0. The molecule has 0 N–H and O–H groups in total. The Labute approximate surface area is 268 Å². The normalized spacial score (nSPS) is 11.5. The first-order chi connectivity index (χ1) is 22.8. The van der Waals surface area contributed by atoms with Gasteiger partial charge in [-0.2, -0.15) is 0 Å². The Bertz CT molecular complexity index is 2550. The summed E-state index contributed by atoms with van der Waals surface area (Å²) < 4.78 is 0. The largest absolute Gasteiger partial charge is 0.0622 e. The van der Waals surface area contributed by atoms with Crippen molar-refractivity contribution in [2.45, 2.75) is 0 Å². The smallest absolute Gasteiger partial charge is 0.00201 e. The first-order valence-corrected chi connectivity index (χ1v) is 15.9. The van der Waals surface area contributed by atoms with Crippen LogP contribution in [0, 0.1) is 0 Å². The quantitative estimate of drug-likeness (QED) is 0.181. The second-order valence-corrected chi connectivity index (χ2v) is 12.1. The third kappa shape index (κ3) is 4.38. The molecular formula is C46H30. The molecule has 0 saturated carbocycles. The SMILES string of the molecule is c1ccc(-c2ccc3c(-c4cccc5ccccc45)c4ccccc4c(-c4ccc(-c5ccc6ccccc6c5)cc4)c3c2)cc1. The molecule has 0 saturated heterocycles. The van der Waals surface area contributed by atoms with Crippen LogP contribution in [-0.2, 0) is 0 Å². The number of hydrogen-bond acceptors (Lipinski definition) is 0. The average molecular weight is 583 g/mol. The predicted molar refractivity (Wildman–Crippen MR) is 198 cm³/mol. The maximum atomic E-state index is 2.40. The van der Waals surface area contributed by atoms with Crippen LogP contribution < -0.4 is 0 Å². The summed E-state index contributed by atoms with van der Waals surface area (Å²) in [4.78, 5) is 0. The van der Waals surface area contributed by atoms with Gasteiger partial charge < -0.3 is 0 Å². The van der Waals surface area contributed by atoms with E-state index in [9.17, 15) is 0 Å². The zero-order chi connectivity index (χ0) is 30.5. The Morgan fingerprint density at radius 3 is 1.54 bits per heavy atom. The highest BCUT2D eigenvalue weighted by atomic mass is 14.2. The Balaban J connectivity index is 1.32. The molecule has 0 radical (unpaired) electrons. The van der Waals surface area contributed by atoms with Crippen LogP contribution in [0.3, 0.4) is 0 Å². The molecule has 9 aromatic carbocycles. The van der Waals surface area contributed by atoms with Gasteiger partial charge in [0.2, 0.25) is 0 Å². The standard InChI is InChI=1S/C46H30/c1-2-11-31(12-3-1)38-27-28-43-44(30-38)45(35-24-21-33(22-25-35)37-26-23-32-13-4-5-15-36(32)29-37)41-18-8-9-19-42(41)46(43)40-20-10-16-34-14-6-7-17-39(34)40/h1-30H. The lowest BCUT2D eigenvalue weighted by molar-refractivity contribution is 1.62. The van der Waals surface area contributed by atoms with Crippen molar-refractivity contribution >= 4 is 43.1 Å². The fourth-order valence-electron chi connectivity index (χ4n) is 7.23. The first kappa shape index (κ1) is 26.4. The molecule has 0 aliphatic rings. The molecular weight excluding hydrogens is 553 g/mol. The van der Waals surface area contributed by atoms with Gasteiger partial charge in [-0.05, 0) is 99.7 Å². The van der Waals surface area contributed by atoms with Gasteiger partial charge in [-0.1, -0.05) is 170 Å². The van der Waals surface area contributed by atoms with Gasteiger partial charge in [-0.25, -0.2) is 0 Å². The summed E-state index contributed by atoms with van der Waals surface area (Å²) in [5.74, 6) is 0. The van der Waals surface area contributed by atoms with E-state index < -0.39 is 0 Å². The third-order valence-electron chi connectivity index (χ3n) is 9.45. The van der Waals surface area contributed by atoms with Crippen LogP contribution in [0.5, 0.6) is 0 Å². The maximum absolute atomic E-state index is 2.40. The first-order valence-electron chi connectivity index (χ1n) is 15.9. The van der Waals surface area contributed by atoms with Gasteiger partial charge in [0.05, 0.1) is 0 Å². The van der Waals surface area contributed by atoms with Gasteiger partial charge in [0.25, 0.3) is 0 Å². The molecule has 0 unspecified atom stereocenters. The van der Waals surface area contributed by atoms with Crippen LogP contribution in [0.25, 0.3) is 87.6 Å². The molecule has 0 atom stereocenters. The lowest BCUT2D eigenvalue weighted by Gasteiger charge is -2.20. The fraction of sp³-hybridized carbons (Fsp3) is 0. The summed E-state index contributed by atoms with van der Waals surface area (Å²) >= 11 is 0. The van der Waals surface area contributed by atoms with Crippen LogP contribution in [0.4, 0.5) is 0 Å². The minimum atomic E-state index is 1.22. The van der Waals surface area contributed by atoms with Crippen molar-refractivity contribution in [1.82, 2.24) is 0 Å². The minimum Gasteiger partial charge on any atom is -0.0622 e. The number of fused-ring (bicyclic) bond motifs is 4. The molecule has 0 aromatic heterocycles. The van der Waals surface area contributed by atoms with Crippen molar-refractivity contribution in [2.24, 2.45) is 0 Å². The lowest BCUT2D eigenvalue weighted by Crippen LogP contribution is -1.92. The third-order valence-corrected chi connectivity index (χ3v) is 9.45. The van der Waals surface area contributed by atoms with E-state index in [2.05, 4.69) is 182 Å². The number of rotatable bonds is 4. The Hall–Kier alpha value is -5.98. The van der Waals surface area contributed by atoms with Crippen LogP contribution in [0.1, 0.15) is 0 Å². The zero-order valence-electron chi connectivity index (χ0n) is 25.3. The van der Waals surface area contributed by atoms with Crippen LogP contribution in [-0.4, -0.2) is 0 Å². The fourth-order valence-corrected chi connectivity index (χ4v) is 7.23. The molecule has 0 aliphatic heterocycles. The summed E-state index contributed by atoms with van der Waals surface area (Å²) in [6, 6.07) is 66.6. The summed E-state index contributed by atoms with van der Waals surface area (Å²) in [7, 11) is 0. The molecule has 0 aliphatic carbocycles. The van der Waals surface area contributed by atoms with E-state index in [0.29, 0.717) is 0 Å². The zero-order valence-corrected chi connectivity index (χ0v) is 25.3. The van der Waals surface area contributed by atoms with Gasteiger partial charge in [0.15, 0.2) is 0 Å². The maximum Gasteiger partial charge on any atom is -0.00201 e. The highest BCUT2D eigenvalue weighted by Gasteiger charge is 2.19. The van der Waals surface area contributed by atoms with E-state index in [0.717, 1.165) is 0 Å². The van der Waals surface area contributed by atoms with Crippen molar-refractivity contribution in [3.63, 3.8) is 0 Å². The topological polar surface area (TPSA) is 0 Å². The summed E-state index contributed by atoms with van der Waals surface area (Å²) in [5.41, 5.74) is 9.96. The lowest BCUT2D eigenvalue weighted by atomic mass is 9.83. The molecule has 0 spiro atoms. The monoisotopic (exact) mass is 582 g/mol. The van der Waals surface area contributed by atoms with E-state index in [1.165, 1.54) is 87.6 Å². The van der Waals surface area contributed by atoms with Crippen molar-refractivity contribution in [2.75, 3.05) is 0 Å². The molecule has 0 heterocycles. The molecule has 0 amide bonds. The van der Waals surface area contributed by atoms with Gasteiger partial charge in [0, 0.05) is 0 Å². The summed E-state index contributed by atoms with van der Waals surface area (Å²) in [5, 5.41) is 10.1. The Kier molecular flexibility index (Phi) is 6.25. The highest BCUT2D eigenvalue weighted by Crippen LogP contribution is 2.46. The van der Waals surface area contributed by atoms with Crippen molar-refractivity contribution in [1.29, 1.82) is 0 Å². The average Bonchev–Trinajstić information content (AvgIpc) is 3.14. The van der Waals surface area contributed by atoms with E-state index in [1.54, 1.807) is 0 Å². The number of benzene rings is 9. The van der Waals surface area contributed by atoms with Crippen LogP contribution >= 0.6 is 0 Å². The van der Waals surface area contributed by atoms with Crippen molar-refractivity contribution in [3.05, 3.63) is 182 Å². The van der Waals surface area contributed by atoms with Gasteiger partial charge >= 0.3 is 0 Å². The molecule has 0 heteroatoms. The van der Waals surface area contributed by atoms with Crippen LogP contribution in [0.15, 0.2) is 182 Å².